The van der Waals surface area contributed by atoms with Crippen molar-refractivity contribution < 1.29 is 19.1 Å². The number of fused-ring (bicyclic) bond motifs is 1. The maximum absolute atomic E-state index is 13.2. The van der Waals surface area contributed by atoms with Gasteiger partial charge in [0.25, 0.3) is 0 Å². The van der Waals surface area contributed by atoms with Gasteiger partial charge in [-0.05, 0) is 49.1 Å². The SMILES string of the molecule is CCOC(=O)/C=C/[C@H](CC(C)C)NC(=O)[C@H](CC(C)C)NC(=O)[C@@H]1Cc2ccccc2CN1. The van der Waals surface area contributed by atoms with E-state index in [2.05, 4.69) is 35.9 Å². The number of ether oxygens (including phenoxy) is 1. The van der Waals surface area contributed by atoms with E-state index in [1.54, 1.807) is 13.0 Å². The van der Waals surface area contributed by atoms with E-state index >= 15 is 0 Å². The highest BCUT2D eigenvalue weighted by molar-refractivity contribution is 5.90. The Labute approximate surface area is 197 Å². The Kier molecular flexibility index (Phi) is 10.6. The minimum absolute atomic E-state index is 0.173. The van der Waals surface area contributed by atoms with Crippen LogP contribution in [-0.2, 0) is 32.1 Å². The largest absolute Gasteiger partial charge is 0.463 e. The van der Waals surface area contributed by atoms with Crippen LogP contribution in [0.1, 0.15) is 58.6 Å². The molecule has 1 aliphatic heterocycles. The molecule has 1 aromatic rings. The number of hydrogen-bond donors (Lipinski definition) is 3. The molecule has 33 heavy (non-hydrogen) atoms. The Morgan fingerprint density at radius 3 is 2.36 bits per heavy atom. The van der Waals surface area contributed by atoms with Gasteiger partial charge in [-0.15, -0.1) is 0 Å². The van der Waals surface area contributed by atoms with Crippen molar-refractivity contribution in [3.8, 4) is 0 Å². The molecular formula is C26H39N3O4. The fourth-order valence-corrected chi connectivity index (χ4v) is 3.98. The Morgan fingerprint density at radius 2 is 1.73 bits per heavy atom. The minimum atomic E-state index is -0.651. The van der Waals surface area contributed by atoms with Crippen LogP contribution in [0.3, 0.4) is 0 Å². The first kappa shape index (κ1) is 26.6. The molecule has 0 aromatic heterocycles. The van der Waals surface area contributed by atoms with Crippen molar-refractivity contribution in [1.82, 2.24) is 16.0 Å². The summed E-state index contributed by atoms with van der Waals surface area (Å²) in [5.41, 5.74) is 2.35. The number of rotatable bonds is 11. The van der Waals surface area contributed by atoms with Crippen LogP contribution in [0.25, 0.3) is 0 Å². The van der Waals surface area contributed by atoms with Gasteiger partial charge in [0.05, 0.1) is 12.6 Å². The van der Waals surface area contributed by atoms with Crippen LogP contribution in [0.4, 0.5) is 0 Å². The lowest BCUT2D eigenvalue weighted by molar-refractivity contribution is -0.137. The lowest BCUT2D eigenvalue weighted by Crippen LogP contribution is -2.55. The molecule has 3 atom stereocenters. The smallest absolute Gasteiger partial charge is 0.330 e. The van der Waals surface area contributed by atoms with Gasteiger partial charge >= 0.3 is 5.97 Å². The molecule has 2 rings (SSSR count). The summed E-state index contributed by atoms with van der Waals surface area (Å²) in [6.45, 7) is 10.8. The van der Waals surface area contributed by atoms with Crippen molar-refractivity contribution >= 4 is 17.8 Å². The normalized spacial score (nSPS) is 17.5. The van der Waals surface area contributed by atoms with Gasteiger partial charge in [0.2, 0.25) is 11.8 Å². The third kappa shape index (κ3) is 9.00. The fourth-order valence-electron chi connectivity index (χ4n) is 3.98. The molecule has 1 aromatic carbocycles. The van der Waals surface area contributed by atoms with E-state index < -0.39 is 12.0 Å². The number of benzene rings is 1. The second-order valence-corrected chi connectivity index (χ2v) is 9.45. The van der Waals surface area contributed by atoms with Gasteiger partial charge in [0.1, 0.15) is 6.04 Å². The van der Waals surface area contributed by atoms with Crippen LogP contribution in [0.5, 0.6) is 0 Å². The number of nitrogens with one attached hydrogen (secondary N) is 3. The number of esters is 1. The van der Waals surface area contributed by atoms with Gasteiger partial charge in [-0.1, -0.05) is 58.0 Å². The molecule has 1 aliphatic rings. The number of carbonyl (C=O) groups excluding carboxylic acids is 3. The Bertz CT molecular complexity index is 835. The zero-order valence-electron chi connectivity index (χ0n) is 20.5. The van der Waals surface area contributed by atoms with E-state index in [4.69, 9.17) is 4.74 Å². The summed E-state index contributed by atoms with van der Waals surface area (Å²) in [5, 5.41) is 9.25. The molecule has 0 bridgehead atoms. The molecule has 0 aliphatic carbocycles. The maximum atomic E-state index is 13.2. The van der Waals surface area contributed by atoms with E-state index in [0.29, 0.717) is 38.3 Å². The lowest BCUT2D eigenvalue weighted by atomic mass is 9.95. The molecule has 7 nitrogen and oxygen atoms in total. The maximum Gasteiger partial charge on any atom is 0.330 e. The monoisotopic (exact) mass is 457 g/mol. The number of carbonyl (C=O) groups is 3. The second kappa shape index (κ2) is 13.1. The van der Waals surface area contributed by atoms with Gasteiger partial charge in [0, 0.05) is 18.7 Å². The standard InChI is InChI=1S/C26H39N3O4/c1-6-33-24(30)12-11-21(13-17(2)3)28-26(32)23(14-18(4)5)29-25(31)22-15-19-9-7-8-10-20(19)16-27-22/h7-12,17-18,21-23,27H,6,13-16H2,1-5H3,(H,28,32)(H,29,31)/b12-11+/t21-,22+,23+/m1/s1. The van der Waals surface area contributed by atoms with Crippen molar-refractivity contribution in [3.05, 3.63) is 47.5 Å². The van der Waals surface area contributed by atoms with Crippen LogP contribution < -0.4 is 16.0 Å². The number of hydrogen-bond acceptors (Lipinski definition) is 5. The molecule has 7 heteroatoms. The zero-order chi connectivity index (χ0) is 24.4. The van der Waals surface area contributed by atoms with Crippen LogP contribution in [0.2, 0.25) is 0 Å². The predicted molar refractivity (Wildman–Crippen MR) is 129 cm³/mol. The van der Waals surface area contributed by atoms with Crippen LogP contribution in [0, 0.1) is 11.8 Å². The van der Waals surface area contributed by atoms with Gasteiger partial charge in [0.15, 0.2) is 0 Å². The summed E-state index contributed by atoms with van der Waals surface area (Å²) in [6, 6.07) is 6.72. The molecule has 3 N–H and O–H groups in total. The van der Waals surface area contributed by atoms with E-state index in [1.807, 2.05) is 32.0 Å². The highest BCUT2D eigenvalue weighted by Crippen LogP contribution is 2.17. The topological polar surface area (TPSA) is 96.5 Å². The quantitative estimate of drug-likeness (QED) is 0.351. The molecule has 0 fully saturated rings. The lowest BCUT2D eigenvalue weighted by Gasteiger charge is -2.28. The Balaban J connectivity index is 2.06. The minimum Gasteiger partial charge on any atom is -0.463 e. The summed E-state index contributed by atoms with van der Waals surface area (Å²) in [5.74, 6) is -0.317. The van der Waals surface area contributed by atoms with Gasteiger partial charge in [-0.25, -0.2) is 4.79 Å². The zero-order valence-corrected chi connectivity index (χ0v) is 20.5. The average molecular weight is 458 g/mol. The molecule has 0 saturated heterocycles. The summed E-state index contributed by atoms with van der Waals surface area (Å²) < 4.78 is 4.94. The highest BCUT2D eigenvalue weighted by atomic mass is 16.5. The molecule has 1 heterocycles. The number of amides is 2. The first-order chi connectivity index (χ1) is 15.7. The molecule has 0 saturated carbocycles. The third-order valence-corrected chi connectivity index (χ3v) is 5.54. The van der Waals surface area contributed by atoms with Gasteiger partial charge in [-0.2, -0.15) is 0 Å². The molecule has 0 spiro atoms. The van der Waals surface area contributed by atoms with Crippen LogP contribution in [-0.4, -0.2) is 42.5 Å². The Morgan fingerprint density at radius 1 is 1.06 bits per heavy atom. The Hall–Kier alpha value is -2.67. The van der Waals surface area contributed by atoms with Crippen molar-refractivity contribution in [1.29, 1.82) is 0 Å². The molecular weight excluding hydrogens is 418 g/mol. The van der Waals surface area contributed by atoms with Gasteiger partial charge < -0.3 is 20.7 Å². The molecule has 0 unspecified atom stereocenters. The van der Waals surface area contributed by atoms with Crippen molar-refractivity contribution in [2.75, 3.05) is 6.61 Å². The predicted octanol–water partition coefficient (Wildman–Crippen LogP) is 2.88. The van der Waals surface area contributed by atoms with Gasteiger partial charge in [-0.3, -0.25) is 9.59 Å². The molecule has 2 amide bonds. The highest BCUT2D eigenvalue weighted by Gasteiger charge is 2.29. The summed E-state index contributed by atoms with van der Waals surface area (Å²) in [4.78, 5) is 37.9. The summed E-state index contributed by atoms with van der Waals surface area (Å²) in [7, 11) is 0. The van der Waals surface area contributed by atoms with E-state index in [0.717, 1.165) is 5.56 Å². The second-order valence-electron chi connectivity index (χ2n) is 9.45. The average Bonchev–Trinajstić information content (AvgIpc) is 2.76. The first-order valence-electron chi connectivity index (χ1n) is 11.9. The van der Waals surface area contributed by atoms with E-state index in [-0.39, 0.29) is 29.8 Å². The first-order valence-corrected chi connectivity index (χ1v) is 11.9. The summed E-state index contributed by atoms with van der Waals surface area (Å²) >= 11 is 0. The van der Waals surface area contributed by atoms with Crippen LogP contribution in [0.15, 0.2) is 36.4 Å². The van der Waals surface area contributed by atoms with Crippen molar-refractivity contribution in [2.45, 2.75) is 78.6 Å². The molecule has 182 valence electrons. The van der Waals surface area contributed by atoms with Crippen LogP contribution >= 0.6 is 0 Å². The van der Waals surface area contributed by atoms with E-state index in [1.165, 1.54) is 11.6 Å². The fraction of sp³-hybridized carbons (Fsp3) is 0.577. The van der Waals surface area contributed by atoms with E-state index in [9.17, 15) is 14.4 Å². The summed E-state index contributed by atoms with van der Waals surface area (Å²) in [6.07, 6.45) is 4.82. The molecule has 0 radical (unpaired) electrons. The van der Waals surface area contributed by atoms with Crippen molar-refractivity contribution in [2.24, 2.45) is 11.8 Å². The van der Waals surface area contributed by atoms with Crippen molar-refractivity contribution in [3.63, 3.8) is 0 Å². The third-order valence-electron chi connectivity index (χ3n) is 5.54.